The summed E-state index contributed by atoms with van der Waals surface area (Å²) in [5.74, 6) is 0.563. The van der Waals surface area contributed by atoms with Gasteiger partial charge in [0.15, 0.2) is 0 Å². The van der Waals surface area contributed by atoms with Gasteiger partial charge in [-0.2, -0.15) is 0 Å². The molecule has 1 aromatic carbocycles. The Bertz CT molecular complexity index is 555. The van der Waals surface area contributed by atoms with Crippen molar-refractivity contribution in [3.63, 3.8) is 0 Å². The molecule has 3 rings (SSSR count). The van der Waals surface area contributed by atoms with E-state index in [0.717, 1.165) is 23.4 Å². The second kappa shape index (κ2) is 7.57. The lowest BCUT2D eigenvalue weighted by atomic mass is 9.89. The minimum absolute atomic E-state index is 0. The van der Waals surface area contributed by atoms with Gasteiger partial charge in [-0.15, -0.1) is 12.4 Å². The van der Waals surface area contributed by atoms with E-state index in [1.54, 1.807) is 12.3 Å². The van der Waals surface area contributed by atoms with Crippen LogP contribution < -0.4 is 10.6 Å². The van der Waals surface area contributed by atoms with Crippen LogP contribution in [0.3, 0.4) is 0 Å². The van der Waals surface area contributed by atoms with E-state index in [1.165, 1.54) is 12.8 Å². The van der Waals surface area contributed by atoms with E-state index in [4.69, 9.17) is 0 Å². The van der Waals surface area contributed by atoms with Crippen molar-refractivity contribution in [2.24, 2.45) is 5.92 Å². The number of fused-ring (bicyclic) bond motifs is 2. The van der Waals surface area contributed by atoms with Crippen LogP contribution in [0.2, 0.25) is 0 Å². The fourth-order valence-corrected chi connectivity index (χ4v) is 4.13. The number of nitrogens with one attached hydrogen (secondary N) is 2. The van der Waals surface area contributed by atoms with Gasteiger partial charge in [0, 0.05) is 46.1 Å². The standard InChI is InChI=1S/C16H22N2O2S.ClH/c1-21(20)15-4-2-3-12(10-15)18-16(19)9-11-7-13-5-6-14(8-11)17-13;/h2-4,10-11,13-14,17H,5-9H2,1H3,(H,18,19);1H. The zero-order chi connectivity index (χ0) is 14.8. The lowest BCUT2D eigenvalue weighted by molar-refractivity contribution is -0.117. The van der Waals surface area contributed by atoms with Crippen LogP contribution in [0.25, 0.3) is 0 Å². The summed E-state index contributed by atoms with van der Waals surface area (Å²) in [6, 6.07) is 8.52. The lowest BCUT2D eigenvalue weighted by Gasteiger charge is -2.28. The lowest BCUT2D eigenvalue weighted by Crippen LogP contribution is -2.39. The van der Waals surface area contributed by atoms with Gasteiger partial charge >= 0.3 is 0 Å². The van der Waals surface area contributed by atoms with Crippen LogP contribution in [0.1, 0.15) is 32.1 Å². The van der Waals surface area contributed by atoms with Crippen LogP contribution in [-0.2, 0) is 15.6 Å². The summed E-state index contributed by atoms with van der Waals surface area (Å²) in [6.07, 6.45) is 6.98. The van der Waals surface area contributed by atoms with Crippen molar-refractivity contribution in [3.8, 4) is 0 Å². The third kappa shape index (κ3) is 4.31. The molecular formula is C16H23ClN2O2S. The van der Waals surface area contributed by atoms with Crippen LogP contribution >= 0.6 is 12.4 Å². The summed E-state index contributed by atoms with van der Waals surface area (Å²) < 4.78 is 11.5. The van der Waals surface area contributed by atoms with E-state index in [-0.39, 0.29) is 18.3 Å². The first kappa shape index (κ1) is 17.4. The van der Waals surface area contributed by atoms with Crippen molar-refractivity contribution in [1.29, 1.82) is 0 Å². The molecule has 2 N–H and O–H groups in total. The Morgan fingerprint density at radius 3 is 2.64 bits per heavy atom. The number of hydrogen-bond donors (Lipinski definition) is 2. The average Bonchev–Trinajstić information content (AvgIpc) is 2.78. The SMILES string of the molecule is CS(=O)c1cccc(NC(=O)CC2CC3CCC(C2)N3)c1.Cl. The van der Waals surface area contributed by atoms with E-state index in [0.29, 0.717) is 24.4 Å². The van der Waals surface area contributed by atoms with E-state index in [1.807, 2.05) is 18.2 Å². The predicted octanol–water partition coefficient (Wildman–Crippen LogP) is 2.71. The fourth-order valence-electron chi connectivity index (χ4n) is 3.57. The van der Waals surface area contributed by atoms with Gasteiger partial charge in [0.2, 0.25) is 5.91 Å². The maximum atomic E-state index is 12.2. The Balaban J connectivity index is 0.00000176. The molecule has 2 saturated heterocycles. The molecule has 1 amide bonds. The molecule has 2 heterocycles. The second-order valence-electron chi connectivity index (χ2n) is 6.21. The maximum absolute atomic E-state index is 12.2. The molecular weight excluding hydrogens is 320 g/mol. The minimum atomic E-state index is -1.02. The Kier molecular flexibility index (Phi) is 6.01. The Morgan fingerprint density at radius 1 is 1.32 bits per heavy atom. The summed E-state index contributed by atoms with van der Waals surface area (Å²) in [7, 11) is -1.02. The van der Waals surface area contributed by atoms with Gasteiger partial charge in [-0.25, -0.2) is 0 Å². The first-order chi connectivity index (χ1) is 10.1. The maximum Gasteiger partial charge on any atom is 0.224 e. The first-order valence-electron chi connectivity index (χ1n) is 7.59. The largest absolute Gasteiger partial charge is 0.326 e. The van der Waals surface area contributed by atoms with Crippen LogP contribution in [0, 0.1) is 5.92 Å². The molecule has 22 heavy (non-hydrogen) atoms. The number of rotatable bonds is 4. The van der Waals surface area contributed by atoms with Gasteiger partial charge in [0.05, 0.1) is 0 Å². The summed E-state index contributed by atoms with van der Waals surface area (Å²) in [5, 5.41) is 6.54. The highest BCUT2D eigenvalue weighted by Gasteiger charge is 2.34. The molecule has 2 aliphatic rings. The minimum Gasteiger partial charge on any atom is -0.326 e. The Morgan fingerprint density at radius 2 is 2.00 bits per heavy atom. The first-order valence-corrected chi connectivity index (χ1v) is 9.15. The van der Waals surface area contributed by atoms with Gasteiger partial charge < -0.3 is 10.6 Å². The highest BCUT2D eigenvalue weighted by molar-refractivity contribution is 7.84. The summed E-state index contributed by atoms with van der Waals surface area (Å²) in [6.45, 7) is 0. The van der Waals surface area contributed by atoms with Crippen molar-refractivity contribution < 1.29 is 9.00 Å². The van der Waals surface area contributed by atoms with Crippen LogP contribution in [0.5, 0.6) is 0 Å². The van der Waals surface area contributed by atoms with Crippen molar-refractivity contribution in [2.45, 2.75) is 49.1 Å². The third-order valence-corrected chi connectivity index (χ3v) is 5.41. The number of hydrogen-bond acceptors (Lipinski definition) is 3. The van der Waals surface area contributed by atoms with Gasteiger partial charge in [-0.1, -0.05) is 6.07 Å². The van der Waals surface area contributed by atoms with Crippen molar-refractivity contribution in [1.82, 2.24) is 5.32 Å². The van der Waals surface area contributed by atoms with Crippen LogP contribution in [-0.4, -0.2) is 28.5 Å². The number of piperidine rings is 1. The number of anilines is 1. The summed E-state index contributed by atoms with van der Waals surface area (Å²) in [5.41, 5.74) is 0.740. The van der Waals surface area contributed by atoms with Crippen LogP contribution in [0.15, 0.2) is 29.2 Å². The van der Waals surface area contributed by atoms with Gasteiger partial charge in [-0.05, 0) is 49.8 Å². The quantitative estimate of drug-likeness (QED) is 0.884. The van der Waals surface area contributed by atoms with E-state index in [2.05, 4.69) is 10.6 Å². The molecule has 6 heteroatoms. The van der Waals surface area contributed by atoms with E-state index < -0.39 is 10.8 Å². The monoisotopic (exact) mass is 342 g/mol. The smallest absolute Gasteiger partial charge is 0.224 e. The summed E-state index contributed by atoms with van der Waals surface area (Å²) >= 11 is 0. The van der Waals surface area contributed by atoms with Gasteiger partial charge in [0.1, 0.15) is 0 Å². The van der Waals surface area contributed by atoms with Crippen molar-refractivity contribution in [3.05, 3.63) is 24.3 Å². The normalized spacial score (nSPS) is 27.8. The molecule has 2 aliphatic heterocycles. The van der Waals surface area contributed by atoms with E-state index >= 15 is 0 Å². The molecule has 0 saturated carbocycles. The molecule has 2 fully saturated rings. The topological polar surface area (TPSA) is 58.2 Å². The molecule has 0 radical (unpaired) electrons. The number of carbonyl (C=O) groups is 1. The number of carbonyl (C=O) groups excluding carboxylic acids is 1. The number of amides is 1. The Hall–Kier alpha value is -0.910. The molecule has 0 aromatic heterocycles. The highest BCUT2D eigenvalue weighted by atomic mass is 35.5. The van der Waals surface area contributed by atoms with E-state index in [9.17, 15) is 9.00 Å². The summed E-state index contributed by atoms with van der Waals surface area (Å²) in [4.78, 5) is 12.9. The zero-order valence-corrected chi connectivity index (χ0v) is 14.3. The second-order valence-corrected chi connectivity index (χ2v) is 7.59. The fraction of sp³-hybridized carbons (Fsp3) is 0.562. The molecule has 3 atom stereocenters. The Labute approximate surface area is 140 Å². The number of benzene rings is 1. The average molecular weight is 343 g/mol. The molecule has 0 spiro atoms. The van der Waals surface area contributed by atoms with Gasteiger partial charge in [0.25, 0.3) is 0 Å². The predicted molar refractivity (Wildman–Crippen MR) is 91.9 cm³/mol. The highest BCUT2D eigenvalue weighted by Crippen LogP contribution is 2.32. The molecule has 1 aromatic rings. The molecule has 2 bridgehead atoms. The number of halogens is 1. The van der Waals surface area contributed by atoms with Crippen molar-refractivity contribution in [2.75, 3.05) is 11.6 Å². The molecule has 4 nitrogen and oxygen atoms in total. The molecule has 3 unspecified atom stereocenters. The third-order valence-electron chi connectivity index (χ3n) is 4.49. The van der Waals surface area contributed by atoms with Gasteiger partial charge in [-0.3, -0.25) is 9.00 Å². The van der Waals surface area contributed by atoms with Crippen LogP contribution in [0.4, 0.5) is 5.69 Å². The zero-order valence-electron chi connectivity index (χ0n) is 12.7. The molecule has 0 aliphatic carbocycles. The molecule has 122 valence electrons. The van der Waals surface area contributed by atoms with Crippen molar-refractivity contribution >= 4 is 34.8 Å².